The Morgan fingerprint density at radius 2 is 1.86 bits per heavy atom. The van der Waals surface area contributed by atoms with Gasteiger partial charge in [-0.05, 0) is 24.8 Å². The molecule has 1 aromatic carbocycles. The van der Waals surface area contributed by atoms with Gasteiger partial charge < -0.3 is 10.0 Å². The van der Waals surface area contributed by atoms with Crippen LogP contribution in [0.5, 0.6) is 0 Å². The van der Waals surface area contributed by atoms with E-state index in [1.165, 1.54) is 0 Å². The van der Waals surface area contributed by atoms with Crippen molar-refractivity contribution >= 4 is 11.9 Å². The number of carbonyl (C=O) groups excluding carboxylic acids is 1. The Balaban J connectivity index is 2.72. The summed E-state index contributed by atoms with van der Waals surface area (Å²) in [6.07, 6.45) is 3.41. The zero-order chi connectivity index (χ0) is 15.7. The van der Waals surface area contributed by atoms with E-state index in [1.807, 2.05) is 35.2 Å². The van der Waals surface area contributed by atoms with Gasteiger partial charge in [-0.3, -0.25) is 9.59 Å². The molecule has 1 N–H and O–H groups in total. The Morgan fingerprint density at radius 1 is 1.19 bits per heavy atom. The molecule has 0 fully saturated rings. The monoisotopic (exact) mass is 291 g/mol. The Labute approximate surface area is 126 Å². The number of amides is 1. The van der Waals surface area contributed by atoms with E-state index in [4.69, 9.17) is 5.11 Å². The van der Waals surface area contributed by atoms with Crippen LogP contribution in [0.1, 0.15) is 51.5 Å². The molecule has 0 saturated carbocycles. The van der Waals surface area contributed by atoms with E-state index in [9.17, 15) is 9.59 Å². The third kappa shape index (κ3) is 6.43. The molecule has 4 heteroatoms. The molecule has 1 amide bonds. The lowest BCUT2D eigenvalue weighted by molar-refractivity contribution is -0.137. The third-order valence-corrected chi connectivity index (χ3v) is 3.59. The fourth-order valence-corrected chi connectivity index (χ4v) is 2.56. The van der Waals surface area contributed by atoms with Gasteiger partial charge in [-0.1, -0.05) is 43.7 Å². The summed E-state index contributed by atoms with van der Waals surface area (Å²) in [6.45, 7) is 4.27. The van der Waals surface area contributed by atoms with Crippen molar-refractivity contribution < 1.29 is 14.7 Å². The zero-order valence-corrected chi connectivity index (χ0v) is 12.9. The van der Waals surface area contributed by atoms with Crippen LogP contribution in [-0.4, -0.2) is 27.9 Å². The highest BCUT2D eigenvalue weighted by Gasteiger charge is 2.20. The van der Waals surface area contributed by atoms with E-state index in [1.54, 1.807) is 6.92 Å². The molecule has 21 heavy (non-hydrogen) atoms. The van der Waals surface area contributed by atoms with Gasteiger partial charge in [-0.2, -0.15) is 0 Å². The van der Waals surface area contributed by atoms with E-state index < -0.39 is 5.97 Å². The van der Waals surface area contributed by atoms with E-state index in [-0.39, 0.29) is 18.4 Å². The van der Waals surface area contributed by atoms with Crippen molar-refractivity contribution in [2.24, 2.45) is 0 Å². The summed E-state index contributed by atoms with van der Waals surface area (Å²) in [7, 11) is 0. The fraction of sp³-hybridized carbons (Fsp3) is 0.529. The van der Waals surface area contributed by atoms with E-state index >= 15 is 0 Å². The summed E-state index contributed by atoms with van der Waals surface area (Å²) in [5.74, 6) is -0.727. The van der Waals surface area contributed by atoms with Crippen LogP contribution in [0.25, 0.3) is 0 Å². The molecule has 0 spiro atoms. The molecule has 1 unspecified atom stereocenters. The zero-order valence-electron chi connectivity index (χ0n) is 12.9. The molecule has 4 nitrogen and oxygen atoms in total. The largest absolute Gasteiger partial charge is 0.481 e. The Bertz CT molecular complexity index is 445. The number of carboxylic acid groups (broad SMARTS) is 1. The lowest BCUT2D eigenvalue weighted by Crippen LogP contribution is -2.38. The van der Waals surface area contributed by atoms with E-state index in [0.29, 0.717) is 13.0 Å². The summed E-state index contributed by atoms with van der Waals surface area (Å²) in [5.41, 5.74) is 1.10. The van der Waals surface area contributed by atoms with Gasteiger partial charge in [0.2, 0.25) is 5.91 Å². The molecule has 1 rings (SSSR count). The Morgan fingerprint density at radius 3 is 2.38 bits per heavy atom. The number of aliphatic carboxylic acids is 1. The number of rotatable bonds is 9. The molecular formula is C17H25NO3. The second-order valence-corrected chi connectivity index (χ2v) is 5.36. The summed E-state index contributed by atoms with van der Waals surface area (Å²) in [4.78, 5) is 24.5. The maximum Gasteiger partial charge on any atom is 0.303 e. The van der Waals surface area contributed by atoms with Gasteiger partial charge in [0.05, 0.1) is 0 Å². The van der Waals surface area contributed by atoms with Crippen LogP contribution in [0.3, 0.4) is 0 Å². The van der Waals surface area contributed by atoms with Crippen molar-refractivity contribution in [2.75, 3.05) is 0 Å². The number of carboxylic acids is 1. The molecule has 0 heterocycles. The number of carbonyl (C=O) groups is 2. The summed E-state index contributed by atoms with van der Waals surface area (Å²) >= 11 is 0. The first-order valence-corrected chi connectivity index (χ1v) is 7.57. The Hall–Kier alpha value is -1.84. The van der Waals surface area contributed by atoms with E-state index in [0.717, 1.165) is 24.8 Å². The molecule has 1 atom stereocenters. The molecule has 116 valence electrons. The highest BCUT2D eigenvalue weighted by Crippen LogP contribution is 2.18. The lowest BCUT2D eigenvalue weighted by atomic mass is 10.0. The molecule has 0 bridgehead atoms. The van der Waals surface area contributed by atoms with Crippen LogP contribution in [0.2, 0.25) is 0 Å². The molecular weight excluding hydrogens is 266 g/mol. The lowest BCUT2D eigenvalue weighted by Gasteiger charge is -2.31. The van der Waals surface area contributed by atoms with Gasteiger partial charge in [0, 0.05) is 25.9 Å². The van der Waals surface area contributed by atoms with Gasteiger partial charge >= 0.3 is 5.97 Å². The Kier molecular flexibility index (Phi) is 7.51. The molecule has 0 aliphatic heterocycles. The highest BCUT2D eigenvalue weighted by atomic mass is 16.4. The van der Waals surface area contributed by atoms with Crippen molar-refractivity contribution in [3.05, 3.63) is 35.9 Å². The summed E-state index contributed by atoms with van der Waals surface area (Å²) in [6, 6.07) is 10.0. The molecule has 1 aromatic rings. The van der Waals surface area contributed by atoms with Gasteiger partial charge in [0.15, 0.2) is 0 Å². The van der Waals surface area contributed by atoms with Crippen molar-refractivity contribution in [3.63, 3.8) is 0 Å². The van der Waals surface area contributed by atoms with Crippen LogP contribution in [0.4, 0.5) is 0 Å². The topological polar surface area (TPSA) is 57.6 Å². The molecule has 0 aromatic heterocycles. The van der Waals surface area contributed by atoms with Crippen molar-refractivity contribution in [3.8, 4) is 0 Å². The highest BCUT2D eigenvalue weighted by molar-refractivity contribution is 5.73. The van der Waals surface area contributed by atoms with Crippen molar-refractivity contribution in [1.82, 2.24) is 4.90 Å². The minimum atomic E-state index is -0.775. The normalized spacial score (nSPS) is 11.9. The van der Waals surface area contributed by atoms with Gasteiger partial charge in [0.25, 0.3) is 0 Å². The minimum Gasteiger partial charge on any atom is -0.481 e. The minimum absolute atomic E-state index is 0.0487. The number of benzene rings is 1. The maximum atomic E-state index is 12.0. The smallest absolute Gasteiger partial charge is 0.303 e. The van der Waals surface area contributed by atoms with Crippen molar-refractivity contribution in [1.29, 1.82) is 0 Å². The van der Waals surface area contributed by atoms with Crippen LogP contribution in [-0.2, 0) is 16.1 Å². The first-order chi connectivity index (χ1) is 10.0. The molecule has 0 aliphatic rings. The molecule has 0 saturated heterocycles. The van der Waals surface area contributed by atoms with Gasteiger partial charge in [0.1, 0.15) is 0 Å². The number of hydrogen-bond acceptors (Lipinski definition) is 2. The standard InChI is InChI=1S/C17H25NO3/c1-3-8-16(11-7-12-17(20)21)18(14(2)19)13-15-9-5-4-6-10-15/h4-6,9-10,16H,3,7-8,11-13H2,1-2H3,(H,20,21). The SMILES string of the molecule is CCCC(CCCC(=O)O)N(Cc1ccccc1)C(C)=O. The predicted molar refractivity (Wildman–Crippen MR) is 82.8 cm³/mol. The van der Waals surface area contributed by atoms with Crippen LogP contribution >= 0.6 is 0 Å². The molecule has 0 radical (unpaired) electrons. The predicted octanol–water partition coefficient (Wildman–Crippen LogP) is 3.46. The van der Waals surface area contributed by atoms with Crippen molar-refractivity contribution in [2.45, 2.75) is 58.5 Å². The van der Waals surface area contributed by atoms with Gasteiger partial charge in [-0.25, -0.2) is 0 Å². The van der Waals surface area contributed by atoms with Crippen LogP contribution < -0.4 is 0 Å². The maximum absolute atomic E-state index is 12.0. The van der Waals surface area contributed by atoms with Crippen LogP contribution in [0, 0.1) is 0 Å². The first kappa shape index (κ1) is 17.2. The third-order valence-electron chi connectivity index (χ3n) is 3.59. The quantitative estimate of drug-likeness (QED) is 0.758. The second kappa shape index (κ2) is 9.16. The van der Waals surface area contributed by atoms with Crippen LogP contribution in [0.15, 0.2) is 30.3 Å². The molecule has 0 aliphatic carbocycles. The number of nitrogens with zero attached hydrogens (tertiary/aromatic N) is 1. The number of hydrogen-bond donors (Lipinski definition) is 1. The average molecular weight is 291 g/mol. The summed E-state index contributed by atoms with van der Waals surface area (Å²) in [5, 5.41) is 8.76. The average Bonchev–Trinajstić information content (AvgIpc) is 2.44. The summed E-state index contributed by atoms with van der Waals surface area (Å²) < 4.78 is 0. The second-order valence-electron chi connectivity index (χ2n) is 5.36. The fourth-order valence-electron chi connectivity index (χ4n) is 2.56. The van der Waals surface area contributed by atoms with E-state index in [2.05, 4.69) is 6.92 Å². The van der Waals surface area contributed by atoms with Gasteiger partial charge in [-0.15, -0.1) is 0 Å². The first-order valence-electron chi connectivity index (χ1n) is 7.57.